The van der Waals surface area contributed by atoms with Gasteiger partial charge in [-0.05, 0) is 74.0 Å². The van der Waals surface area contributed by atoms with E-state index in [4.69, 9.17) is 0 Å². The molecule has 8 bridgehead atoms. The van der Waals surface area contributed by atoms with Gasteiger partial charge >= 0.3 is 23.1 Å². The van der Waals surface area contributed by atoms with Crippen molar-refractivity contribution in [3.63, 3.8) is 0 Å². The van der Waals surface area contributed by atoms with E-state index in [1.807, 2.05) is 8.58 Å². The van der Waals surface area contributed by atoms with Crippen molar-refractivity contribution in [1.82, 2.24) is 0 Å². The average molecular weight is 361 g/mol. The fourth-order valence-corrected chi connectivity index (χ4v) is 12.0. The monoisotopic (exact) mass is 360 g/mol. The number of hydrogen-bond acceptors (Lipinski definition) is 0. The van der Waals surface area contributed by atoms with Crippen molar-refractivity contribution < 1.29 is 12.4 Å². The summed E-state index contributed by atoms with van der Waals surface area (Å²) in [7, 11) is 2.00. The molecule has 0 radical (unpaired) electrons. The van der Waals surface area contributed by atoms with Gasteiger partial charge in [-0.15, -0.1) is 0 Å². The molecule has 0 N–H and O–H groups in total. The molecule has 8 aliphatic rings. The summed E-state index contributed by atoms with van der Waals surface area (Å²) in [5.74, 6) is 6.90. The fraction of sp³-hybridized carbons (Fsp3) is 1.00. The Labute approximate surface area is 166 Å². The van der Waals surface area contributed by atoms with Crippen LogP contribution in [0.2, 0.25) is 0 Å². The van der Waals surface area contributed by atoms with Gasteiger partial charge in [0.05, 0.1) is 0 Å². The van der Waals surface area contributed by atoms with Crippen LogP contribution in [0.15, 0.2) is 0 Å². The summed E-state index contributed by atoms with van der Waals surface area (Å²) in [4.78, 5) is 0. The Balaban J connectivity index is 0.000000676. The summed E-state index contributed by atoms with van der Waals surface area (Å²) in [6.07, 6.45) is 19.6. The zero-order chi connectivity index (χ0) is 13.7. The third-order valence-electron chi connectivity index (χ3n) is 8.49. The SMILES string of the molecule is C1C2CC3CC1CC([P-]C14CC5CC(CC(C5)C1)C4)(C2)C3.[Cl-].[Mg+2]. The number of hydrogen-bond donors (Lipinski definition) is 0. The molecule has 8 saturated carbocycles. The van der Waals surface area contributed by atoms with Crippen LogP contribution < -0.4 is 12.4 Å². The second-order valence-electron chi connectivity index (χ2n) is 10.4. The molecule has 0 unspecified atom stereocenters. The van der Waals surface area contributed by atoms with E-state index in [2.05, 4.69) is 0 Å². The maximum absolute atomic E-state index is 2.00. The summed E-state index contributed by atoms with van der Waals surface area (Å²) in [6.45, 7) is 0. The Morgan fingerprint density at radius 2 is 0.696 bits per heavy atom. The Morgan fingerprint density at radius 3 is 0.913 bits per heavy atom. The van der Waals surface area contributed by atoms with Crippen LogP contribution in [0.4, 0.5) is 0 Å². The predicted molar refractivity (Wildman–Crippen MR) is 94.5 cm³/mol. The molecule has 23 heavy (non-hydrogen) atoms. The summed E-state index contributed by atoms with van der Waals surface area (Å²) < 4.78 is 0. The van der Waals surface area contributed by atoms with Gasteiger partial charge < -0.3 is 21.0 Å². The van der Waals surface area contributed by atoms with E-state index in [-0.39, 0.29) is 35.5 Å². The second-order valence-corrected chi connectivity index (χ2v) is 12.5. The van der Waals surface area contributed by atoms with Gasteiger partial charge in [0.1, 0.15) is 0 Å². The van der Waals surface area contributed by atoms with Crippen LogP contribution in [0.25, 0.3) is 0 Å². The van der Waals surface area contributed by atoms with Crippen molar-refractivity contribution in [3.05, 3.63) is 0 Å². The van der Waals surface area contributed by atoms with E-state index in [9.17, 15) is 0 Å². The molecular weight excluding hydrogens is 331 g/mol. The molecule has 0 aromatic carbocycles. The molecular formula is C20H30ClMgP. The fourth-order valence-electron chi connectivity index (χ4n) is 8.91. The first-order valence-electron chi connectivity index (χ1n) is 9.92. The molecule has 124 valence electrons. The van der Waals surface area contributed by atoms with Crippen LogP contribution >= 0.6 is 8.58 Å². The Bertz CT molecular complexity index is 364. The molecule has 0 amide bonds. The summed E-state index contributed by atoms with van der Waals surface area (Å²) in [5, 5.41) is 1.64. The van der Waals surface area contributed by atoms with E-state index in [1.165, 1.54) is 0 Å². The first-order valence-corrected chi connectivity index (χ1v) is 10.8. The molecule has 0 aromatic heterocycles. The van der Waals surface area contributed by atoms with E-state index in [1.54, 1.807) is 77.0 Å². The third kappa shape index (κ3) is 2.87. The van der Waals surface area contributed by atoms with Crippen molar-refractivity contribution in [2.45, 2.75) is 87.4 Å². The van der Waals surface area contributed by atoms with E-state index >= 15 is 0 Å². The van der Waals surface area contributed by atoms with Gasteiger partial charge in [-0.25, -0.2) is 0 Å². The smallest absolute Gasteiger partial charge is 1.00 e. The molecule has 0 aliphatic heterocycles. The maximum Gasteiger partial charge on any atom is 2.00 e. The molecule has 8 rings (SSSR count). The summed E-state index contributed by atoms with van der Waals surface area (Å²) in [5.41, 5.74) is 0. The quantitative estimate of drug-likeness (QED) is 0.524. The molecule has 3 heteroatoms. The van der Waals surface area contributed by atoms with Gasteiger partial charge in [0.15, 0.2) is 0 Å². The van der Waals surface area contributed by atoms with Crippen LogP contribution in [-0.2, 0) is 0 Å². The van der Waals surface area contributed by atoms with Gasteiger partial charge in [0.2, 0.25) is 0 Å². The minimum atomic E-state index is 0. The van der Waals surface area contributed by atoms with Crippen molar-refractivity contribution in [1.29, 1.82) is 0 Å². The summed E-state index contributed by atoms with van der Waals surface area (Å²) >= 11 is 0. The minimum absolute atomic E-state index is 0. The van der Waals surface area contributed by atoms with Crippen molar-refractivity contribution >= 4 is 31.6 Å². The molecule has 0 heterocycles. The van der Waals surface area contributed by atoms with Crippen molar-refractivity contribution in [3.8, 4) is 0 Å². The minimum Gasteiger partial charge on any atom is -1.00 e. The van der Waals surface area contributed by atoms with Gasteiger partial charge in [-0.3, -0.25) is 0 Å². The van der Waals surface area contributed by atoms with Crippen LogP contribution in [0.5, 0.6) is 0 Å². The Morgan fingerprint density at radius 1 is 0.478 bits per heavy atom. The average Bonchev–Trinajstić information content (AvgIpc) is 2.33. The number of halogens is 1. The molecule has 0 spiro atoms. The number of rotatable bonds is 2. The predicted octanol–water partition coefficient (Wildman–Crippen LogP) is 2.49. The van der Waals surface area contributed by atoms with E-state index in [0.717, 1.165) is 45.8 Å². The molecule has 0 aromatic rings. The first kappa shape index (κ1) is 17.9. The van der Waals surface area contributed by atoms with E-state index in [0.29, 0.717) is 0 Å². The Kier molecular flexibility index (Phi) is 4.66. The van der Waals surface area contributed by atoms with Crippen LogP contribution in [0.1, 0.15) is 77.0 Å². The molecule has 0 atom stereocenters. The van der Waals surface area contributed by atoms with Gasteiger partial charge in [0, 0.05) is 0 Å². The molecule has 8 aliphatic carbocycles. The standard InChI is InChI=1S/C20H30P.ClH.Mg/c1-13-2-15-3-14(1)8-19(7-13,9-15)21-20-10-16-4-17(11-20)6-18(5-16)12-20;;/h13-18H,1-12H2;1H;/q-1;;+2/p-1. The van der Waals surface area contributed by atoms with Gasteiger partial charge in [-0.2, -0.15) is 10.3 Å². The van der Waals surface area contributed by atoms with Crippen LogP contribution in [-0.4, -0.2) is 33.4 Å². The Hall–Kier alpha value is 1.49. The zero-order valence-electron chi connectivity index (χ0n) is 14.5. The van der Waals surface area contributed by atoms with E-state index < -0.39 is 0 Å². The van der Waals surface area contributed by atoms with Crippen LogP contribution in [0.3, 0.4) is 0 Å². The normalized spacial score (nSPS) is 58.4. The summed E-state index contributed by atoms with van der Waals surface area (Å²) in [6, 6.07) is 0. The third-order valence-corrected chi connectivity index (χ3v) is 10.5. The largest absolute Gasteiger partial charge is 2.00 e. The maximum atomic E-state index is 2.00. The topological polar surface area (TPSA) is 0 Å². The first-order chi connectivity index (χ1) is 10.2. The second kappa shape index (κ2) is 6.00. The molecule has 0 nitrogen and oxygen atoms in total. The molecule has 8 fully saturated rings. The zero-order valence-corrected chi connectivity index (χ0v) is 17.5. The van der Waals surface area contributed by atoms with Crippen molar-refractivity contribution in [2.75, 3.05) is 0 Å². The van der Waals surface area contributed by atoms with Crippen molar-refractivity contribution in [2.24, 2.45) is 35.5 Å². The van der Waals surface area contributed by atoms with Crippen LogP contribution in [0, 0.1) is 35.5 Å². The van der Waals surface area contributed by atoms with Gasteiger partial charge in [-0.1, -0.05) is 38.5 Å². The molecule has 0 saturated heterocycles. The van der Waals surface area contributed by atoms with Gasteiger partial charge in [0.25, 0.3) is 0 Å².